The normalized spacial score (nSPS) is 18.3. The second-order valence-electron chi connectivity index (χ2n) is 4.41. The van der Waals surface area contributed by atoms with Gasteiger partial charge in [0.1, 0.15) is 0 Å². The van der Waals surface area contributed by atoms with Gasteiger partial charge in [-0.15, -0.1) is 0 Å². The Morgan fingerprint density at radius 2 is 1.94 bits per heavy atom. The molecule has 1 saturated heterocycles. The van der Waals surface area contributed by atoms with Crippen molar-refractivity contribution in [2.45, 2.75) is 25.8 Å². The number of Topliss-reactive ketones (excluding diaryl/α,β-unsaturated/α-hetero) is 1. The van der Waals surface area contributed by atoms with Crippen LogP contribution in [0.2, 0.25) is 10.0 Å². The predicted molar refractivity (Wildman–Crippen MR) is 71.1 cm³/mol. The minimum Gasteiger partial charge on any atom is -0.294 e. The lowest BCUT2D eigenvalue weighted by atomic mass is 10.0. The number of ketones is 1. The smallest absolute Gasteiger partial charge is 0.181 e. The van der Waals surface area contributed by atoms with Gasteiger partial charge >= 0.3 is 0 Å². The molecule has 0 amide bonds. The first-order chi connectivity index (χ1) is 8.09. The van der Waals surface area contributed by atoms with E-state index in [4.69, 9.17) is 23.2 Å². The van der Waals surface area contributed by atoms with Gasteiger partial charge in [-0.1, -0.05) is 23.2 Å². The van der Waals surface area contributed by atoms with Crippen LogP contribution in [0.25, 0.3) is 0 Å². The van der Waals surface area contributed by atoms with Gasteiger partial charge in [0.05, 0.1) is 11.1 Å². The summed E-state index contributed by atoms with van der Waals surface area (Å²) in [5, 5.41) is 0.994. The second-order valence-corrected chi connectivity index (χ2v) is 5.25. The molecule has 92 valence electrons. The average molecular weight is 272 g/mol. The summed E-state index contributed by atoms with van der Waals surface area (Å²) >= 11 is 11.9. The van der Waals surface area contributed by atoms with E-state index in [1.165, 1.54) is 12.8 Å². The van der Waals surface area contributed by atoms with Crippen molar-refractivity contribution in [2.75, 3.05) is 13.1 Å². The molecule has 17 heavy (non-hydrogen) atoms. The second kappa shape index (κ2) is 5.38. The minimum atomic E-state index is -0.101. The monoisotopic (exact) mass is 271 g/mol. The van der Waals surface area contributed by atoms with Crippen molar-refractivity contribution in [3.63, 3.8) is 0 Å². The van der Waals surface area contributed by atoms with E-state index in [0.29, 0.717) is 15.6 Å². The predicted octanol–water partition coefficient (Wildman–Crippen LogP) is 3.66. The van der Waals surface area contributed by atoms with E-state index in [1.807, 2.05) is 6.92 Å². The molecule has 0 saturated carbocycles. The standard InChI is InChI=1S/C13H15Cl2NO/c1-9(16-6-2-3-7-16)13(17)11-5-4-10(14)8-12(11)15/h4-5,8-9H,2-3,6-7H2,1H3. The summed E-state index contributed by atoms with van der Waals surface area (Å²) in [6, 6.07) is 4.93. The quantitative estimate of drug-likeness (QED) is 0.783. The van der Waals surface area contributed by atoms with Gasteiger partial charge in [-0.05, 0) is 51.1 Å². The fourth-order valence-corrected chi connectivity index (χ4v) is 2.71. The highest BCUT2D eigenvalue weighted by molar-refractivity contribution is 6.37. The summed E-state index contributed by atoms with van der Waals surface area (Å²) in [6.07, 6.45) is 2.35. The van der Waals surface area contributed by atoms with Gasteiger partial charge in [-0.3, -0.25) is 9.69 Å². The van der Waals surface area contributed by atoms with Gasteiger partial charge < -0.3 is 0 Å². The number of carbonyl (C=O) groups is 1. The van der Waals surface area contributed by atoms with Gasteiger partial charge in [-0.2, -0.15) is 0 Å². The molecular formula is C13H15Cl2NO. The van der Waals surface area contributed by atoms with Crippen molar-refractivity contribution in [2.24, 2.45) is 0 Å². The molecule has 2 rings (SSSR count). The Labute approximate surface area is 112 Å². The maximum absolute atomic E-state index is 12.3. The van der Waals surface area contributed by atoms with Crippen molar-refractivity contribution in [3.05, 3.63) is 33.8 Å². The first-order valence-corrected chi connectivity index (χ1v) is 6.58. The van der Waals surface area contributed by atoms with E-state index in [-0.39, 0.29) is 11.8 Å². The van der Waals surface area contributed by atoms with Crippen LogP contribution in [0.1, 0.15) is 30.1 Å². The number of halogens is 2. The Hall–Kier alpha value is -0.570. The lowest BCUT2D eigenvalue weighted by Crippen LogP contribution is -2.36. The summed E-state index contributed by atoms with van der Waals surface area (Å²) in [5.41, 5.74) is 0.565. The first kappa shape index (κ1) is 12.9. The Morgan fingerprint density at radius 1 is 1.29 bits per heavy atom. The Kier molecular flexibility index (Phi) is 4.08. The van der Waals surface area contributed by atoms with Gasteiger partial charge in [0, 0.05) is 10.6 Å². The number of rotatable bonds is 3. The van der Waals surface area contributed by atoms with Gasteiger partial charge in [-0.25, -0.2) is 0 Å². The van der Waals surface area contributed by atoms with Crippen molar-refractivity contribution < 1.29 is 4.79 Å². The highest BCUT2D eigenvalue weighted by atomic mass is 35.5. The third kappa shape index (κ3) is 2.82. The zero-order valence-corrected chi connectivity index (χ0v) is 11.3. The van der Waals surface area contributed by atoms with Crippen LogP contribution in [0.4, 0.5) is 0 Å². The highest BCUT2D eigenvalue weighted by Gasteiger charge is 2.25. The van der Waals surface area contributed by atoms with Crippen LogP contribution in [0.15, 0.2) is 18.2 Å². The molecule has 0 spiro atoms. The molecular weight excluding hydrogens is 257 g/mol. The molecule has 1 unspecified atom stereocenters. The molecule has 2 nitrogen and oxygen atoms in total. The fraction of sp³-hybridized carbons (Fsp3) is 0.462. The fourth-order valence-electron chi connectivity index (χ4n) is 2.21. The first-order valence-electron chi connectivity index (χ1n) is 5.83. The molecule has 1 fully saturated rings. The van der Waals surface area contributed by atoms with Crippen molar-refractivity contribution in [3.8, 4) is 0 Å². The van der Waals surface area contributed by atoms with Crippen LogP contribution >= 0.6 is 23.2 Å². The third-order valence-corrected chi connectivity index (χ3v) is 3.81. The van der Waals surface area contributed by atoms with E-state index in [9.17, 15) is 4.79 Å². The zero-order chi connectivity index (χ0) is 12.4. The van der Waals surface area contributed by atoms with Crippen LogP contribution in [0.5, 0.6) is 0 Å². The van der Waals surface area contributed by atoms with E-state index in [0.717, 1.165) is 13.1 Å². The number of likely N-dealkylation sites (tertiary alicyclic amines) is 1. The average Bonchev–Trinajstić information content (AvgIpc) is 2.80. The van der Waals surface area contributed by atoms with E-state index >= 15 is 0 Å². The zero-order valence-electron chi connectivity index (χ0n) is 9.75. The highest BCUT2D eigenvalue weighted by Crippen LogP contribution is 2.24. The summed E-state index contributed by atoms with van der Waals surface area (Å²) < 4.78 is 0. The summed E-state index contributed by atoms with van der Waals surface area (Å²) in [5.74, 6) is 0.0774. The van der Waals surface area contributed by atoms with Crippen molar-refractivity contribution >= 4 is 29.0 Å². The SMILES string of the molecule is CC(C(=O)c1ccc(Cl)cc1Cl)N1CCCC1. The Morgan fingerprint density at radius 3 is 2.53 bits per heavy atom. The lowest BCUT2D eigenvalue weighted by Gasteiger charge is -2.22. The summed E-state index contributed by atoms with van der Waals surface area (Å²) in [4.78, 5) is 14.5. The van der Waals surface area contributed by atoms with Gasteiger partial charge in [0.25, 0.3) is 0 Å². The van der Waals surface area contributed by atoms with Gasteiger partial charge in [0.2, 0.25) is 0 Å². The molecule has 0 radical (unpaired) electrons. The number of carbonyl (C=O) groups excluding carboxylic acids is 1. The van der Waals surface area contributed by atoms with E-state index < -0.39 is 0 Å². The summed E-state index contributed by atoms with van der Waals surface area (Å²) in [7, 11) is 0. The Bertz CT molecular complexity index is 427. The van der Waals surface area contributed by atoms with E-state index in [1.54, 1.807) is 18.2 Å². The molecule has 0 bridgehead atoms. The molecule has 0 aliphatic carbocycles. The maximum atomic E-state index is 12.3. The third-order valence-electron chi connectivity index (χ3n) is 3.26. The van der Waals surface area contributed by atoms with Crippen molar-refractivity contribution in [1.82, 2.24) is 4.90 Å². The summed E-state index contributed by atoms with van der Waals surface area (Å²) in [6.45, 7) is 3.94. The van der Waals surface area contributed by atoms with E-state index in [2.05, 4.69) is 4.90 Å². The van der Waals surface area contributed by atoms with Crippen LogP contribution in [-0.2, 0) is 0 Å². The van der Waals surface area contributed by atoms with Crippen LogP contribution in [0.3, 0.4) is 0 Å². The van der Waals surface area contributed by atoms with Crippen molar-refractivity contribution in [1.29, 1.82) is 0 Å². The molecule has 1 aliphatic heterocycles. The lowest BCUT2D eigenvalue weighted by molar-refractivity contribution is 0.0867. The van der Waals surface area contributed by atoms with Crippen LogP contribution < -0.4 is 0 Å². The molecule has 1 atom stereocenters. The maximum Gasteiger partial charge on any atom is 0.181 e. The Balaban J connectivity index is 2.18. The minimum absolute atomic E-state index is 0.0774. The molecule has 1 aliphatic rings. The molecule has 1 aromatic carbocycles. The number of hydrogen-bond donors (Lipinski definition) is 0. The van der Waals surface area contributed by atoms with Crippen LogP contribution in [-0.4, -0.2) is 29.8 Å². The number of nitrogens with zero attached hydrogens (tertiary/aromatic N) is 1. The number of benzene rings is 1. The topological polar surface area (TPSA) is 20.3 Å². The number of hydrogen-bond acceptors (Lipinski definition) is 2. The molecule has 0 aromatic heterocycles. The molecule has 1 aromatic rings. The molecule has 1 heterocycles. The van der Waals surface area contributed by atoms with Crippen LogP contribution in [0, 0.1) is 0 Å². The molecule has 4 heteroatoms. The van der Waals surface area contributed by atoms with Gasteiger partial charge in [0.15, 0.2) is 5.78 Å². The largest absolute Gasteiger partial charge is 0.294 e. The molecule has 0 N–H and O–H groups in total.